The van der Waals surface area contributed by atoms with Crippen molar-refractivity contribution in [1.82, 2.24) is 0 Å². The van der Waals surface area contributed by atoms with Crippen LogP contribution in [0.1, 0.15) is 16.7 Å². The molecule has 0 aliphatic carbocycles. The highest BCUT2D eigenvalue weighted by Gasteiger charge is 2.31. The van der Waals surface area contributed by atoms with E-state index in [0.29, 0.717) is 5.54 Å². The van der Waals surface area contributed by atoms with E-state index in [1.807, 2.05) is 24.3 Å². The largest absolute Gasteiger partial charge is 0.496 e. The maximum atomic E-state index is 6.02. The molecule has 0 bridgehead atoms. The van der Waals surface area contributed by atoms with Crippen molar-refractivity contribution in [3.05, 3.63) is 64.7 Å². The van der Waals surface area contributed by atoms with E-state index in [2.05, 4.69) is 43.9 Å². The molecule has 0 saturated carbocycles. The number of methoxy groups -OCH3 is 1. The Hall–Kier alpha value is -1.25. The summed E-state index contributed by atoms with van der Waals surface area (Å²) in [7, 11) is 0.282. The van der Waals surface area contributed by atoms with E-state index in [9.17, 15) is 0 Å². The number of rotatable bonds is 4. The molecule has 0 aliphatic rings. The number of hydrogen-bond acceptors (Lipinski definition) is 1. The fourth-order valence-corrected chi connectivity index (χ4v) is 5.20. The van der Waals surface area contributed by atoms with Crippen molar-refractivity contribution in [2.45, 2.75) is 25.2 Å². The molecule has 0 fully saturated rings. The van der Waals surface area contributed by atoms with Crippen molar-refractivity contribution in [3.63, 3.8) is 0 Å². The molecular weight excluding hydrogens is 284 g/mol. The Kier molecular flexibility index (Phi) is 4.56. The maximum absolute atomic E-state index is 6.02. The van der Waals surface area contributed by atoms with Crippen LogP contribution < -0.4 is 4.74 Å². The van der Waals surface area contributed by atoms with Crippen molar-refractivity contribution in [2.24, 2.45) is 0 Å². The van der Waals surface area contributed by atoms with Gasteiger partial charge < -0.3 is 4.74 Å². The summed E-state index contributed by atoms with van der Waals surface area (Å²) in [6.45, 7) is 7.16. The van der Waals surface area contributed by atoms with Crippen LogP contribution in [0.3, 0.4) is 0 Å². The first-order chi connectivity index (χ1) is 9.43. The molecule has 0 saturated heterocycles. The lowest BCUT2D eigenvalue weighted by molar-refractivity contribution is 0.410. The van der Waals surface area contributed by atoms with E-state index in [4.69, 9.17) is 16.3 Å². The van der Waals surface area contributed by atoms with Crippen LogP contribution in [0.5, 0.6) is 5.75 Å². The van der Waals surface area contributed by atoms with Crippen molar-refractivity contribution < 1.29 is 4.74 Å². The Bertz CT molecular complexity index is 572. The maximum Gasteiger partial charge on any atom is 0.122 e. The number of hydrogen-bond donors (Lipinski definition) is 0. The van der Waals surface area contributed by atoms with Crippen molar-refractivity contribution in [2.75, 3.05) is 7.11 Å². The standard InChI is InChI=1S/C17H21ClOSi/c1-19-16-8-6-5-7-15(16)17(20(2,3)4)13-9-11-14(18)12-10-13/h5-12,17H,1-4H3. The number of para-hydroxylation sites is 1. The SMILES string of the molecule is COc1ccccc1C(c1ccc(Cl)cc1)[Si](C)(C)C. The van der Waals surface area contributed by atoms with Crippen LogP contribution in [0.15, 0.2) is 48.5 Å². The van der Waals surface area contributed by atoms with E-state index < -0.39 is 8.07 Å². The van der Waals surface area contributed by atoms with Crippen molar-refractivity contribution in [3.8, 4) is 5.75 Å². The summed E-state index contributed by atoms with van der Waals surface area (Å²) in [5.41, 5.74) is 2.99. The fraction of sp³-hybridized carbons (Fsp3) is 0.294. The molecule has 2 rings (SSSR count). The molecule has 2 aromatic carbocycles. The number of ether oxygens (including phenoxy) is 1. The first kappa shape index (κ1) is 15.1. The zero-order valence-electron chi connectivity index (χ0n) is 12.5. The second-order valence-electron chi connectivity index (χ2n) is 6.09. The molecule has 0 N–H and O–H groups in total. The summed E-state index contributed by atoms with van der Waals surface area (Å²) in [6, 6.07) is 16.5. The van der Waals surface area contributed by atoms with Crippen LogP contribution in [0.4, 0.5) is 0 Å². The van der Waals surface area contributed by atoms with Crippen LogP contribution in [-0.2, 0) is 0 Å². The summed E-state index contributed by atoms with van der Waals surface area (Å²) < 4.78 is 5.56. The topological polar surface area (TPSA) is 9.23 Å². The Balaban J connectivity index is 2.56. The first-order valence-corrected chi connectivity index (χ1v) is 10.8. The Morgan fingerprint density at radius 3 is 2.10 bits per heavy atom. The number of halogens is 1. The lowest BCUT2D eigenvalue weighted by Gasteiger charge is -2.31. The molecule has 0 amide bonds. The van der Waals surface area contributed by atoms with Crippen LogP contribution in [0, 0.1) is 0 Å². The highest BCUT2D eigenvalue weighted by atomic mass is 35.5. The minimum absolute atomic E-state index is 0.399. The summed E-state index contributed by atoms with van der Waals surface area (Å²) in [6.07, 6.45) is 0. The van der Waals surface area contributed by atoms with Gasteiger partial charge in [-0.3, -0.25) is 0 Å². The van der Waals surface area contributed by atoms with Gasteiger partial charge in [-0.1, -0.05) is 61.6 Å². The van der Waals surface area contributed by atoms with Crippen LogP contribution in [0.25, 0.3) is 0 Å². The molecule has 20 heavy (non-hydrogen) atoms. The van der Waals surface area contributed by atoms with Gasteiger partial charge in [-0.15, -0.1) is 0 Å². The number of benzene rings is 2. The predicted octanol–water partition coefficient (Wildman–Crippen LogP) is 5.36. The first-order valence-electron chi connectivity index (χ1n) is 6.82. The van der Waals surface area contributed by atoms with Gasteiger partial charge in [0.15, 0.2) is 0 Å². The highest BCUT2D eigenvalue weighted by Crippen LogP contribution is 2.38. The Morgan fingerprint density at radius 2 is 1.55 bits per heavy atom. The third-order valence-electron chi connectivity index (χ3n) is 3.52. The van der Waals surface area contributed by atoms with Gasteiger partial charge in [-0.2, -0.15) is 0 Å². The molecule has 0 aromatic heterocycles. The summed E-state index contributed by atoms with van der Waals surface area (Å²) in [5.74, 6) is 0.967. The van der Waals surface area contributed by atoms with E-state index in [-0.39, 0.29) is 0 Å². The summed E-state index contributed by atoms with van der Waals surface area (Å²) in [4.78, 5) is 0. The smallest absolute Gasteiger partial charge is 0.122 e. The zero-order chi connectivity index (χ0) is 14.8. The molecule has 0 spiro atoms. The van der Waals surface area contributed by atoms with Gasteiger partial charge in [0, 0.05) is 10.6 Å². The minimum Gasteiger partial charge on any atom is -0.496 e. The summed E-state index contributed by atoms with van der Waals surface area (Å²) >= 11 is 6.02. The Morgan fingerprint density at radius 1 is 0.950 bits per heavy atom. The minimum atomic E-state index is -1.46. The molecule has 1 nitrogen and oxygen atoms in total. The second-order valence-corrected chi connectivity index (χ2v) is 11.8. The molecule has 1 unspecified atom stereocenters. The van der Waals surface area contributed by atoms with Gasteiger partial charge in [-0.25, -0.2) is 0 Å². The Labute approximate surface area is 127 Å². The molecule has 106 valence electrons. The normalized spacial score (nSPS) is 13.1. The average Bonchev–Trinajstić information content (AvgIpc) is 2.40. The quantitative estimate of drug-likeness (QED) is 0.691. The van der Waals surface area contributed by atoms with Crippen LogP contribution in [-0.4, -0.2) is 15.2 Å². The lowest BCUT2D eigenvalue weighted by atomic mass is 10.0. The highest BCUT2D eigenvalue weighted by molar-refractivity contribution is 6.78. The van der Waals surface area contributed by atoms with Gasteiger partial charge in [0.05, 0.1) is 15.2 Å². The van der Waals surface area contributed by atoms with E-state index in [1.165, 1.54) is 11.1 Å². The molecule has 0 heterocycles. The zero-order valence-corrected chi connectivity index (χ0v) is 14.2. The second kappa shape index (κ2) is 6.02. The molecule has 0 aliphatic heterocycles. The van der Waals surface area contributed by atoms with Gasteiger partial charge in [0.2, 0.25) is 0 Å². The molecule has 0 radical (unpaired) electrons. The third-order valence-corrected chi connectivity index (χ3v) is 6.15. The van der Waals surface area contributed by atoms with Gasteiger partial charge >= 0.3 is 0 Å². The lowest BCUT2D eigenvalue weighted by Crippen LogP contribution is -2.32. The molecular formula is C17H21ClOSi. The van der Waals surface area contributed by atoms with Gasteiger partial charge in [0.25, 0.3) is 0 Å². The van der Waals surface area contributed by atoms with Crippen molar-refractivity contribution >= 4 is 19.7 Å². The van der Waals surface area contributed by atoms with Gasteiger partial charge in [-0.05, 0) is 29.3 Å². The molecule has 3 heteroatoms. The van der Waals surface area contributed by atoms with E-state index in [0.717, 1.165) is 10.8 Å². The average molecular weight is 305 g/mol. The van der Waals surface area contributed by atoms with E-state index >= 15 is 0 Å². The monoisotopic (exact) mass is 304 g/mol. The summed E-state index contributed by atoms with van der Waals surface area (Å²) in [5, 5.41) is 0.781. The third kappa shape index (κ3) is 3.25. The van der Waals surface area contributed by atoms with Crippen LogP contribution >= 0.6 is 11.6 Å². The van der Waals surface area contributed by atoms with Crippen LogP contribution in [0.2, 0.25) is 24.7 Å². The predicted molar refractivity (Wildman–Crippen MR) is 89.6 cm³/mol. The molecule has 2 aromatic rings. The van der Waals surface area contributed by atoms with Gasteiger partial charge in [0.1, 0.15) is 5.75 Å². The van der Waals surface area contributed by atoms with E-state index in [1.54, 1.807) is 7.11 Å². The fourth-order valence-electron chi connectivity index (χ4n) is 2.71. The van der Waals surface area contributed by atoms with Crippen molar-refractivity contribution in [1.29, 1.82) is 0 Å². The molecule has 1 atom stereocenters.